The van der Waals surface area contributed by atoms with Crippen molar-refractivity contribution in [3.8, 4) is 0 Å². The third-order valence-corrected chi connectivity index (χ3v) is 5.46. The summed E-state index contributed by atoms with van der Waals surface area (Å²) >= 11 is 0. The van der Waals surface area contributed by atoms with Crippen molar-refractivity contribution >= 4 is 5.91 Å². The van der Waals surface area contributed by atoms with Gasteiger partial charge in [-0.1, -0.05) is 33.6 Å². The number of piperidine rings is 1. The van der Waals surface area contributed by atoms with Gasteiger partial charge in [0.05, 0.1) is 5.54 Å². The maximum Gasteiger partial charge on any atom is 0.237 e. The fourth-order valence-electron chi connectivity index (χ4n) is 3.28. The van der Waals surface area contributed by atoms with Crippen molar-refractivity contribution < 1.29 is 4.79 Å². The molecule has 1 heterocycles. The molecular formula is C16H33N3O. The van der Waals surface area contributed by atoms with E-state index in [0.717, 1.165) is 32.6 Å². The van der Waals surface area contributed by atoms with Crippen LogP contribution in [0, 0.1) is 5.41 Å². The molecule has 4 heteroatoms. The van der Waals surface area contributed by atoms with Gasteiger partial charge in [-0.05, 0) is 51.2 Å². The van der Waals surface area contributed by atoms with Crippen LogP contribution in [0.4, 0.5) is 0 Å². The van der Waals surface area contributed by atoms with Crippen molar-refractivity contribution in [2.24, 2.45) is 11.1 Å². The minimum absolute atomic E-state index is 0.243. The van der Waals surface area contributed by atoms with E-state index in [1.54, 1.807) is 0 Å². The maximum absolute atomic E-state index is 11.6. The number of carbonyl (C=O) groups excluding carboxylic acids is 1. The highest BCUT2D eigenvalue weighted by Crippen LogP contribution is 2.37. The van der Waals surface area contributed by atoms with Crippen molar-refractivity contribution in [3.05, 3.63) is 0 Å². The molecule has 118 valence electrons. The van der Waals surface area contributed by atoms with Crippen molar-refractivity contribution in [3.63, 3.8) is 0 Å². The number of hydrogen-bond acceptors (Lipinski definition) is 3. The molecule has 1 saturated heterocycles. The number of likely N-dealkylation sites (N-methyl/N-ethyl adjacent to an activating group) is 1. The van der Waals surface area contributed by atoms with Crippen LogP contribution in [-0.4, -0.2) is 42.5 Å². The molecule has 1 aliphatic rings. The van der Waals surface area contributed by atoms with Crippen LogP contribution in [0.1, 0.15) is 59.8 Å². The zero-order valence-corrected chi connectivity index (χ0v) is 13.8. The Bertz CT molecular complexity index is 305. The van der Waals surface area contributed by atoms with E-state index >= 15 is 0 Å². The first-order valence-corrected chi connectivity index (χ1v) is 8.18. The predicted octanol–water partition coefficient (Wildman–Crippen LogP) is 2.13. The van der Waals surface area contributed by atoms with Crippen LogP contribution in [0.2, 0.25) is 0 Å². The lowest BCUT2D eigenvalue weighted by molar-refractivity contribution is -0.124. The molecule has 0 saturated carbocycles. The van der Waals surface area contributed by atoms with E-state index in [1.165, 1.54) is 25.7 Å². The Morgan fingerprint density at radius 1 is 1.25 bits per heavy atom. The first-order chi connectivity index (χ1) is 9.41. The maximum atomic E-state index is 11.6. The molecule has 0 radical (unpaired) electrons. The highest BCUT2D eigenvalue weighted by Gasteiger charge is 2.34. The molecule has 0 aromatic carbocycles. The molecule has 1 unspecified atom stereocenters. The number of primary amides is 1. The summed E-state index contributed by atoms with van der Waals surface area (Å²) in [5.41, 5.74) is 5.53. The summed E-state index contributed by atoms with van der Waals surface area (Å²) in [6, 6.07) is 0. The van der Waals surface area contributed by atoms with Gasteiger partial charge in [-0.3, -0.25) is 4.79 Å². The van der Waals surface area contributed by atoms with Gasteiger partial charge in [-0.25, -0.2) is 0 Å². The van der Waals surface area contributed by atoms with E-state index in [0.29, 0.717) is 5.41 Å². The second-order valence-corrected chi connectivity index (χ2v) is 6.53. The van der Waals surface area contributed by atoms with Gasteiger partial charge < -0.3 is 16.0 Å². The number of rotatable bonds is 8. The number of hydrogen-bond donors (Lipinski definition) is 2. The van der Waals surface area contributed by atoms with Crippen molar-refractivity contribution in [1.82, 2.24) is 10.2 Å². The van der Waals surface area contributed by atoms with Crippen molar-refractivity contribution in [2.45, 2.75) is 65.3 Å². The Labute approximate surface area is 124 Å². The lowest BCUT2D eigenvalue weighted by Gasteiger charge is -2.42. The number of nitrogens with zero attached hydrogens (tertiary/aromatic N) is 1. The first kappa shape index (κ1) is 17.4. The van der Waals surface area contributed by atoms with E-state index in [-0.39, 0.29) is 5.91 Å². The molecule has 4 nitrogen and oxygen atoms in total. The van der Waals surface area contributed by atoms with E-state index in [2.05, 4.69) is 24.1 Å². The zero-order chi connectivity index (χ0) is 15.2. The minimum atomic E-state index is -0.571. The van der Waals surface area contributed by atoms with Gasteiger partial charge in [-0.2, -0.15) is 0 Å². The fourth-order valence-corrected chi connectivity index (χ4v) is 3.28. The first-order valence-electron chi connectivity index (χ1n) is 8.18. The fraction of sp³-hybridized carbons (Fsp3) is 0.938. The Morgan fingerprint density at radius 2 is 1.80 bits per heavy atom. The Hall–Kier alpha value is -0.610. The Kier molecular flexibility index (Phi) is 6.46. The molecule has 0 aliphatic carbocycles. The molecule has 3 N–H and O–H groups in total. The topological polar surface area (TPSA) is 58.4 Å². The average molecular weight is 283 g/mol. The van der Waals surface area contributed by atoms with Gasteiger partial charge in [0.25, 0.3) is 0 Å². The summed E-state index contributed by atoms with van der Waals surface area (Å²) in [4.78, 5) is 14.1. The monoisotopic (exact) mass is 283 g/mol. The number of amides is 1. The third kappa shape index (κ3) is 4.19. The van der Waals surface area contributed by atoms with Gasteiger partial charge in [0.1, 0.15) is 0 Å². The van der Waals surface area contributed by atoms with Gasteiger partial charge >= 0.3 is 0 Å². The molecule has 0 spiro atoms. The van der Waals surface area contributed by atoms with Gasteiger partial charge in [0.2, 0.25) is 5.91 Å². The van der Waals surface area contributed by atoms with Gasteiger partial charge in [0, 0.05) is 6.54 Å². The molecule has 1 fully saturated rings. The van der Waals surface area contributed by atoms with Gasteiger partial charge in [0.15, 0.2) is 0 Å². The molecule has 0 bridgehead atoms. The molecule has 1 rings (SSSR count). The van der Waals surface area contributed by atoms with Crippen LogP contribution in [-0.2, 0) is 4.79 Å². The quantitative estimate of drug-likeness (QED) is 0.717. The standard InChI is InChI=1S/C16H33N3O/c1-5-16(6-2)9-12-19(13-10-16)11-8-15(4,14(17)20)18-7-3/h18H,5-13H2,1-4H3,(H2,17,20). The molecule has 1 aliphatic heterocycles. The van der Waals surface area contributed by atoms with Crippen LogP contribution in [0.5, 0.6) is 0 Å². The van der Waals surface area contributed by atoms with Crippen LogP contribution >= 0.6 is 0 Å². The number of nitrogens with one attached hydrogen (secondary N) is 1. The SMILES string of the molecule is CCNC(C)(CCN1CCC(CC)(CC)CC1)C(N)=O. The molecule has 0 aromatic heterocycles. The number of nitrogens with two attached hydrogens (primary N) is 1. The molecule has 20 heavy (non-hydrogen) atoms. The lowest BCUT2D eigenvalue weighted by atomic mass is 9.74. The van der Waals surface area contributed by atoms with Gasteiger partial charge in [-0.15, -0.1) is 0 Å². The summed E-state index contributed by atoms with van der Waals surface area (Å²) in [7, 11) is 0. The van der Waals surface area contributed by atoms with Crippen molar-refractivity contribution in [2.75, 3.05) is 26.2 Å². The van der Waals surface area contributed by atoms with Crippen LogP contribution in [0.15, 0.2) is 0 Å². The lowest BCUT2D eigenvalue weighted by Crippen LogP contribution is -2.55. The van der Waals surface area contributed by atoms with Crippen LogP contribution in [0.3, 0.4) is 0 Å². The summed E-state index contributed by atoms with van der Waals surface area (Å²) in [6.07, 6.45) is 5.94. The second kappa shape index (κ2) is 7.41. The Morgan fingerprint density at radius 3 is 2.20 bits per heavy atom. The second-order valence-electron chi connectivity index (χ2n) is 6.53. The summed E-state index contributed by atoms with van der Waals surface area (Å²) in [6.45, 7) is 12.6. The van der Waals surface area contributed by atoms with Crippen LogP contribution < -0.4 is 11.1 Å². The molecule has 1 amide bonds. The highest BCUT2D eigenvalue weighted by molar-refractivity contribution is 5.84. The third-order valence-electron chi connectivity index (χ3n) is 5.46. The van der Waals surface area contributed by atoms with E-state index in [1.807, 2.05) is 13.8 Å². The molecular weight excluding hydrogens is 250 g/mol. The van der Waals surface area contributed by atoms with Crippen LogP contribution in [0.25, 0.3) is 0 Å². The summed E-state index contributed by atoms with van der Waals surface area (Å²) in [5, 5.41) is 3.24. The number of carbonyl (C=O) groups is 1. The summed E-state index contributed by atoms with van der Waals surface area (Å²) in [5.74, 6) is -0.243. The number of likely N-dealkylation sites (tertiary alicyclic amines) is 1. The largest absolute Gasteiger partial charge is 0.368 e. The zero-order valence-electron chi connectivity index (χ0n) is 13.8. The summed E-state index contributed by atoms with van der Waals surface area (Å²) < 4.78 is 0. The predicted molar refractivity (Wildman–Crippen MR) is 84.6 cm³/mol. The molecule has 1 atom stereocenters. The smallest absolute Gasteiger partial charge is 0.237 e. The van der Waals surface area contributed by atoms with E-state index in [9.17, 15) is 4.79 Å². The van der Waals surface area contributed by atoms with Crippen molar-refractivity contribution in [1.29, 1.82) is 0 Å². The van der Waals surface area contributed by atoms with E-state index in [4.69, 9.17) is 5.73 Å². The highest BCUT2D eigenvalue weighted by atomic mass is 16.1. The average Bonchev–Trinajstić information content (AvgIpc) is 2.46. The molecule has 0 aromatic rings. The Balaban J connectivity index is 2.46. The minimum Gasteiger partial charge on any atom is -0.368 e. The normalized spacial score (nSPS) is 22.4. The van der Waals surface area contributed by atoms with E-state index < -0.39 is 5.54 Å².